The third kappa shape index (κ3) is 3.34. The van der Waals surface area contributed by atoms with E-state index < -0.39 is 0 Å². The van der Waals surface area contributed by atoms with Crippen molar-refractivity contribution in [2.24, 2.45) is 5.92 Å². The van der Waals surface area contributed by atoms with Crippen LogP contribution in [-0.4, -0.2) is 36.9 Å². The molecule has 2 bridgehead atoms. The van der Waals surface area contributed by atoms with Gasteiger partial charge in [0.2, 0.25) is 0 Å². The van der Waals surface area contributed by atoms with Crippen LogP contribution in [0.4, 0.5) is 0 Å². The minimum atomic E-state index is -0.0462. The Morgan fingerprint density at radius 3 is 2.70 bits per heavy atom. The van der Waals surface area contributed by atoms with E-state index in [0.717, 1.165) is 25.8 Å². The third-order valence-electron chi connectivity index (χ3n) is 5.03. The largest absolute Gasteiger partial charge is 0.461 e. The van der Waals surface area contributed by atoms with Gasteiger partial charge in [-0.05, 0) is 39.0 Å². The summed E-state index contributed by atoms with van der Waals surface area (Å²) >= 11 is 0. The van der Waals surface area contributed by atoms with Crippen molar-refractivity contribution in [1.29, 1.82) is 0 Å². The molecule has 1 saturated carbocycles. The molecule has 1 N–H and O–H groups in total. The van der Waals surface area contributed by atoms with Crippen LogP contribution >= 0.6 is 0 Å². The summed E-state index contributed by atoms with van der Waals surface area (Å²) in [6, 6.07) is 0.621. The minimum Gasteiger partial charge on any atom is -0.461 e. The zero-order valence-corrected chi connectivity index (χ0v) is 12.5. The highest BCUT2D eigenvalue weighted by molar-refractivity contribution is 5.74. The summed E-state index contributed by atoms with van der Waals surface area (Å²) in [7, 11) is 0. The van der Waals surface area contributed by atoms with E-state index in [4.69, 9.17) is 9.47 Å². The van der Waals surface area contributed by atoms with Gasteiger partial charge in [-0.3, -0.25) is 4.79 Å². The number of nitrogens with one attached hydrogen (secondary N) is 1. The third-order valence-corrected chi connectivity index (χ3v) is 5.03. The summed E-state index contributed by atoms with van der Waals surface area (Å²) in [6.07, 6.45) is 9.97. The first-order chi connectivity index (χ1) is 9.72. The fourth-order valence-electron chi connectivity index (χ4n) is 3.85. The molecule has 4 nitrogen and oxygen atoms in total. The lowest BCUT2D eigenvalue weighted by Crippen LogP contribution is -2.39. The van der Waals surface area contributed by atoms with E-state index >= 15 is 0 Å². The van der Waals surface area contributed by atoms with Gasteiger partial charge in [-0.2, -0.15) is 0 Å². The summed E-state index contributed by atoms with van der Waals surface area (Å²) < 4.78 is 11.3. The average Bonchev–Trinajstić information content (AvgIpc) is 3.09. The van der Waals surface area contributed by atoms with E-state index in [-0.39, 0.29) is 24.1 Å². The van der Waals surface area contributed by atoms with E-state index in [1.807, 2.05) is 6.92 Å². The number of rotatable bonds is 5. The molecule has 3 aliphatic rings. The number of ether oxygens (including phenoxy) is 2. The lowest BCUT2D eigenvalue weighted by atomic mass is 9.89. The van der Waals surface area contributed by atoms with Crippen LogP contribution in [0.5, 0.6) is 0 Å². The fourth-order valence-corrected chi connectivity index (χ4v) is 3.85. The van der Waals surface area contributed by atoms with Crippen LogP contribution in [0.1, 0.15) is 58.3 Å². The standard InChI is InChI=1S/C16H27NO3/c1-11(10-17-12-5-3-2-4-6-12)19-16(18)14-9-13-7-8-15(14)20-13/h11-15,17H,2-10H2,1H3. The molecule has 20 heavy (non-hydrogen) atoms. The number of hydrogen-bond donors (Lipinski definition) is 1. The molecule has 0 radical (unpaired) electrons. The predicted octanol–water partition coefficient (Wildman–Crippen LogP) is 2.41. The summed E-state index contributed by atoms with van der Waals surface area (Å²) in [6.45, 7) is 2.76. The second-order valence-electron chi connectivity index (χ2n) is 6.71. The van der Waals surface area contributed by atoms with Gasteiger partial charge in [0.05, 0.1) is 18.1 Å². The summed E-state index contributed by atoms with van der Waals surface area (Å²) in [5, 5.41) is 3.54. The molecule has 114 valence electrons. The monoisotopic (exact) mass is 281 g/mol. The highest BCUT2D eigenvalue weighted by Gasteiger charge is 2.45. The van der Waals surface area contributed by atoms with Gasteiger partial charge in [-0.15, -0.1) is 0 Å². The van der Waals surface area contributed by atoms with Crippen molar-refractivity contribution in [2.45, 2.75) is 82.6 Å². The van der Waals surface area contributed by atoms with Crippen molar-refractivity contribution in [3.05, 3.63) is 0 Å². The van der Waals surface area contributed by atoms with Gasteiger partial charge in [0.1, 0.15) is 6.10 Å². The number of hydrogen-bond acceptors (Lipinski definition) is 4. The van der Waals surface area contributed by atoms with E-state index in [0.29, 0.717) is 12.1 Å². The van der Waals surface area contributed by atoms with Gasteiger partial charge in [0.15, 0.2) is 0 Å². The summed E-state index contributed by atoms with van der Waals surface area (Å²) in [5.74, 6) is -0.0546. The Morgan fingerprint density at radius 2 is 2.05 bits per heavy atom. The minimum absolute atomic E-state index is 0.00844. The molecule has 2 saturated heterocycles. The number of esters is 1. The molecule has 4 heteroatoms. The van der Waals surface area contributed by atoms with Crippen LogP contribution in [0.3, 0.4) is 0 Å². The Morgan fingerprint density at radius 1 is 1.25 bits per heavy atom. The topological polar surface area (TPSA) is 47.6 Å². The average molecular weight is 281 g/mol. The molecule has 4 atom stereocenters. The molecule has 1 aliphatic carbocycles. The second-order valence-corrected chi connectivity index (χ2v) is 6.71. The molecule has 0 aromatic carbocycles. The first kappa shape index (κ1) is 14.3. The van der Waals surface area contributed by atoms with E-state index in [1.165, 1.54) is 32.1 Å². The van der Waals surface area contributed by atoms with E-state index in [2.05, 4.69) is 5.32 Å². The zero-order valence-electron chi connectivity index (χ0n) is 12.5. The molecule has 0 amide bonds. The zero-order chi connectivity index (χ0) is 13.9. The Labute approximate surface area is 121 Å². The van der Waals surface area contributed by atoms with Gasteiger partial charge < -0.3 is 14.8 Å². The molecule has 0 spiro atoms. The summed E-state index contributed by atoms with van der Waals surface area (Å²) in [4.78, 5) is 12.2. The van der Waals surface area contributed by atoms with Gasteiger partial charge in [-0.25, -0.2) is 0 Å². The van der Waals surface area contributed by atoms with Gasteiger partial charge in [0.25, 0.3) is 0 Å². The molecular formula is C16H27NO3. The smallest absolute Gasteiger partial charge is 0.311 e. The van der Waals surface area contributed by atoms with Crippen LogP contribution in [-0.2, 0) is 14.3 Å². The maximum Gasteiger partial charge on any atom is 0.311 e. The molecule has 3 fully saturated rings. The lowest BCUT2D eigenvalue weighted by molar-refractivity contribution is -0.154. The second kappa shape index (κ2) is 6.44. The Kier molecular flexibility index (Phi) is 4.61. The van der Waals surface area contributed by atoms with Crippen molar-refractivity contribution in [3.8, 4) is 0 Å². The summed E-state index contributed by atoms with van der Waals surface area (Å²) in [5.41, 5.74) is 0. The first-order valence-corrected chi connectivity index (χ1v) is 8.31. The molecule has 3 rings (SSSR count). The fraction of sp³-hybridized carbons (Fsp3) is 0.938. The van der Waals surface area contributed by atoms with Crippen molar-refractivity contribution in [3.63, 3.8) is 0 Å². The van der Waals surface area contributed by atoms with Gasteiger partial charge in [0, 0.05) is 12.6 Å². The molecule has 0 aromatic heterocycles. The van der Waals surface area contributed by atoms with Crippen LogP contribution in [0.2, 0.25) is 0 Å². The number of fused-ring (bicyclic) bond motifs is 2. The first-order valence-electron chi connectivity index (χ1n) is 8.31. The van der Waals surface area contributed by atoms with Crippen LogP contribution in [0.15, 0.2) is 0 Å². The molecule has 0 aromatic rings. The maximum absolute atomic E-state index is 12.2. The van der Waals surface area contributed by atoms with Crippen molar-refractivity contribution < 1.29 is 14.3 Å². The Balaban J connectivity index is 1.37. The van der Waals surface area contributed by atoms with Gasteiger partial charge >= 0.3 is 5.97 Å². The van der Waals surface area contributed by atoms with Crippen LogP contribution < -0.4 is 5.32 Å². The molecule has 2 aliphatic heterocycles. The SMILES string of the molecule is CC(CNC1CCCCC1)OC(=O)C1CC2CCC1O2. The molecule has 2 heterocycles. The molecule has 4 unspecified atom stereocenters. The van der Waals surface area contributed by atoms with E-state index in [9.17, 15) is 4.79 Å². The number of carbonyl (C=O) groups excluding carboxylic acids is 1. The van der Waals surface area contributed by atoms with Crippen molar-refractivity contribution in [1.82, 2.24) is 5.32 Å². The molecular weight excluding hydrogens is 254 g/mol. The Bertz CT molecular complexity index is 341. The highest BCUT2D eigenvalue weighted by atomic mass is 16.6. The van der Waals surface area contributed by atoms with Crippen LogP contribution in [0, 0.1) is 5.92 Å². The van der Waals surface area contributed by atoms with Crippen molar-refractivity contribution in [2.75, 3.05) is 6.54 Å². The van der Waals surface area contributed by atoms with Gasteiger partial charge in [-0.1, -0.05) is 19.3 Å². The number of carbonyl (C=O) groups is 1. The van der Waals surface area contributed by atoms with Crippen molar-refractivity contribution >= 4 is 5.97 Å². The maximum atomic E-state index is 12.2. The normalized spacial score (nSPS) is 35.1. The van der Waals surface area contributed by atoms with Crippen LogP contribution in [0.25, 0.3) is 0 Å². The predicted molar refractivity (Wildman–Crippen MR) is 76.4 cm³/mol. The quantitative estimate of drug-likeness (QED) is 0.786. The Hall–Kier alpha value is -0.610. The van der Waals surface area contributed by atoms with E-state index in [1.54, 1.807) is 0 Å². The lowest BCUT2D eigenvalue weighted by Gasteiger charge is -2.25. The highest BCUT2D eigenvalue weighted by Crippen LogP contribution is 2.39.